The smallest absolute Gasteiger partial charge is 0.251 e. The molecule has 4 heteroatoms. The predicted octanol–water partition coefficient (Wildman–Crippen LogP) is 3.61. The molecule has 0 fully saturated rings. The van der Waals surface area contributed by atoms with Crippen LogP contribution in [-0.2, 0) is 11.2 Å². The lowest BCUT2D eigenvalue weighted by Gasteiger charge is -2.13. The van der Waals surface area contributed by atoms with Crippen LogP contribution in [-0.4, -0.2) is 18.2 Å². The van der Waals surface area contributed by atoms with E-state index >= 15 is 0 Å². The molecule has 2 aromatic rings. The van der Waals surface area contributed by atoms with Gasteiger partial charge in [0.2, 0.25) is 0 Å². The number of rotatable bonds is 7. The van der Waals surface area contributed by atoms with Gasteiger partial charge in [0.05, 0.1) is 6.04 Å². The van der Waals surface area contributed by atoms with Crippen molar-refractivity contribution in [1.82, 2.24) is 5.32 Å². The third-order valence-corrected chi connectivity index (χ3v) is 4.06. The zero-order chi connectivity index (χ0) is 15.8. The third-order valence-electron chi connectivity index (χ3n) is 3.39. The van der Waals surface area contributed by atoms with Crippen LogP contribution in [0.4, 0.5) is 0 Å². The molecule has 1 N–H and O–H groups in total. The van der Waals surface area contributed by atoms with Crippen LogP contribution >= 0.6 is 22.6 Å². The number of amides is 1. The second-order valence-corrected chi connectivity index (χ2v) is 6.35. The number of benzene rings is 2. The summed E-state index contributed by atoms with van der Waals surface area (Å²) in [6, 6.07) is 17.0. The largest absolute Gasteiger partial charge is 0.343 e. The molecular formula is C18H18INO2. The van der Waals surface area contributed by atoms with Crippen LogP contribution in [0.3, 0.4) is 0 Å². The Labute approximate surface area is 144 Å². The summed E-state index contributed by atoms with van der Waals surface area (Å²) in [5.74, 6) is -0.199. The van der Waals surface area contributed by atoms with Crippen LogP contribution in [0.5, 0.6) is 0 Å². The van der Waals surface area contributed by atoms with Gasteiger partial charge < -0.3 is 10.1 Å². The van der Waals surface area contributed by atoms with Crippen LogP contribution in [0.2, 0.25) is 0 Å². The average Bonchev–Trinajstić information content (AvgIpc) is 2.54. The van der Waals surface area contributed by atoms with Gasteiger partial charge in [-0.25, -0.2) is 0 Å². The Bertz CT molecular complexity index is 628. The summed E-state index contributed by atoms with van der Waals surface area (Å²) in [7, 11) is 0. The number of hydrogen-bond donors (Lipinski definition) is 1. The number of aryl methyl sites for hydroxylation is 1. The number of carbonyl (C=O) groups is 2. The normalized spacial score (nSPS) is 11.7. The van der Waals surface area contributed by atoms with E-state index in [9.17, 15) is 9.59 Å². The molecule has 2 aromatic carbocycles. The first-order valence-corrected chi connectivity index (χ1v) is 8.32. The summed E-state index contributed by atoms with van der Waals surface area (Å²) in [6.45, 7) is 0. The minimum absolute atomic E-state index is 0.199. The second kappa shape index (κ2) is 8.68. The fraction of sp³-hybridized carbons (Fsp3) is 0.222. The molecule has 0 aliphatic rings. The third kappa shape index (κ3) is 5.26. The first-order valence-electron chi connectivity index (χ1n) is 7.24. The van der Waals surface area contributed by atoms with Gasteiger partial charge in [-0.1, -0.05) is 36.4 Å². The van der Waals surface area contributed by atoms with Gasteiger partial charge in [0.1, 0.15) is 6.29 Å². The molecule has 0 unspecified atom stereocenters. The van der Waals surface area contributed by atoms with E-state index < -0.39 is 6.04 Å². The van der Waals surface area contributed by atoms with Crippen molar-refractivity contribution in [2.75, 3.05) is 0 Å². The lowest BCUT2D eigenvalue weighted by molar-refractivity contribution is -0.109. The highest BCUT2D eigenvalue weighted by Gasteiger charge is 2.13. The van der Waals surface area contributed by atoms with E-state index in [-0.39, 0.29) is 5.91 Å². The Balaban J connectivity index is 1.84. The summed E-state index contributed by atoms with van der Waals surface area (Å²) < 4.78 is 0.997. The fourth-order valence-electron chi connectivity index (χ4n) is 2.23. The Morgan fingerprint density at radius 3 is 2.59 bits per heavy atom. The maximum Gasteiger partial charge on any atom is 0.251 e. The lowest BCUT2D eigenvalue weighted by atomic mass is 10.0. The molecule has 0 aliphatic carbocycles. The van der Waals surface area contributed by atoms with Crippen molar-refractivity contribution in [2.24, 2.45) is 0 Å². The molecule has 0 aliphatic heterocycles. The molecular weight excluding hydrogens is 389 g/mol. The van der Waals surface area contributed by atoms with E-state index in [1.807, 2.05) is 36.4 Å². The van der Waals surface area contributed by atoms with Crippen molar-refractivity contribution in [1.29, 1.82) is 0 Å². The van der Waals surface area contributed by atoms with Crippen LogP contribution in [0.15, 0.2) is 54.6 Å². The molecule has 1 atom stereocenters. The SMILES string of the molecule is O=C[C@@H](CCCc1ccccc1)NC(=O)c1cccc(I)c1. The lowest BCUT2D eigenvalue weighted by Crippen LogP contribution is -2.36. The van der Waals surface area contributed by atoms with Gasteiger partial charge >= 0.3 is 0 Å². The van der Waals surface area contributed by atoms with Crippen molar-refractivity contribution in [3.8, 4) is 0 Å². The van der Waals surface area contributed by atoms with Gasteiger partial charge in [-0.15, -0.1) is 0 Å². The van der Waals surface area contributed by atoms with Gasteiger partial charge in [0.25, 0.3) is 5.91 Å². The number of nitrogens with one attached hydrogen (secondary N) is 1. The molecule has 0 radical (unpaired) electrons. The molecule has 1 amide bonds. The molecule has 0 spiro atoms. The van der Waals surface area contributed by atoms with Crippen LogP contribution in [0, 0.1) is 3.57 Å². The standard InChI is InChI=1S/C18H18INO2/c19-16-10-5-9-15(12-16)18(22)20-17(13-21)11-4-8-14-6-2-1-3-7-14/h1-3,5-7,9-10,12-13,17H,4,8,11H2,(H,20,22)/t17-/m1/s1. The number of halogens is 1. The van der Waals surface area contributed by atoms with E-state index in [4.69, 9.17) is 0 Å². The maximum absolute atomic E-state index is 12.1. The molecule has 0 saturated carbocycles. The van der Waals surface area contributed by atoms with E-state index in [1.54, 1.807) is 6.07 Å². The summed E-state index contributed by atoms with van der Waals surface area (Å²) >= 11 is 2.16. The first kappa shape index (κ1) is 16.7. The van der Waals surface area contributed by atoms with Crippen molar-refractivity contribution in [3.63, 3.8) is 0 Å². The van der Waals surface area contributed by atoms with Gasteiger partial charge in [-0.3, -0.25) is 4.79 Å². The zero-order valence-electron chi connectivity index (χ0n) is 12.2. The Morgan fingerprint density at radius 2 is 1.91 bits per heavy atom. The quantitative estimate of drug-likeness (QED) is 0.563. The molecule has 0 heterocycles. The van der Waals surface area contributed by atoms with Crippen LogP contribution in [0.25, 0.3) is 0 Å². The topological polar surface area (TPSA) is 46.2 Å². The van der Waals surface area contributed by atoms with Crippen molar-refractivity contribution in [3.05, 3.63) is 69.3 Å². The van der Waals surface area contributed by atoms with Crippen molar-refractivity contribution < 1.29 is 9.59 Å². The zero-order valence-corrected chi connectivity index (χ0v) is 14.3. The monoisotopic (exact) mass is 407 g/mol. The molecule has 0 saturated heterocycles. The maximum atomic E-state index is 12.1. The highest BCUT2D eigenvalue weighted by atomic mass is 127. The van der Waals surface area contributed by atoms with E-state index in [1.165, 1.54) is 5.56 Å². The minimum Gasteiger partial charge on any atom is -0.343 e. The molecule has 3 nitrogen and oxygen atoms in total. The van der Waals surface area contributed by atoms with Gasteiger partial charge in [-0.05, 0) is 65.6 Å². The molecule has 114 valence electrons. The van der Waals surface area contributed by atoms with Crippen LogP contribution < -0.4 is 5.32 Å². The van der Waals surface area contributed by atoms with Gasteiger partial charge in [0.15, 0.2) is 0 Å². The van der Waals surface area contributed by atoms with Gasteiger partial charge in [0, 0.05) is 9.13 Å². The van der Waals surface area contributed by atoms with Gasteiger partial charge in [-0.2, -0.15) is 0 Å². The molecule has 0 aromatic heterocycles. The highest BCUT2D eigenvalue weighted by Crippen LogP contribution is 2.09. The molecule has 2 rings (SSSR count). The summed E-state index contributed by atoms with van der Waals surface area (Å²) in [5.41, 5.74) is 1.83. The number of hydrogen-bond acceptors (Lipinski definition) is 2. The number of carbonyl (C=O) groups excluding carboxylic acids is 2. The first-order chi connectivity index (χ1) is 10.7. The summed E-state index contributed by atoms with van der Waals surface area (Å²) in [4.78, 5) is 23.3. The van der Waals surface area contributed by atoms with Crippen LogP contribution in [0.1, 0.15) is 28.8 Å². The Morgan fingerprint density at radius 1 is 1.14 bits per heavy atom. The summed E-state index contributed by atoms with van der Waals surface area (Å²) in [6.07, 6.45) is 3.23. The van der Waals surface area contributed by atoms with E-state index in [2.05, 4.69) is 40.0 Å². The Kier molecular flexibility index (Phi) is 6.58. The minimum atomic E-state index is -0.436. The molecule has 22 heavy (non-hydrogen) atoms. The predicted molar refractivity (Wildman–Crippen MR) is 95.9 cm³/mol. The average molecular weight is 407 g/mol. The van der Waals surface area contributed by atoms with E-state index in [0.717, 1.165) is 22.7 Å². The summed E-state index contributed by atoms with van der Waals surface area (Å²) in [5, 5.41) is 2.79. The second-order valence-electron chi connectivity index (χ2n) is 5.10. The molecule has 0 bridgehead atoms. The number of aldehydes is 1. The fourth-order valence-corrected chi connectivity index (χ4v) is 2.77. The van der Waals surface area contributed by atoms with E-state index in [0.29, 0.717) is 12.0 Å². The Hall–Kier alpha value is -1.69. The highest BCUT2D eigenvalue weighted by molar-refractivity contribution is 14.1. The van der Waals surface area contributed by atoms with Crippen molar-refractivity contribution >= 4 is 34.8 Å². The van der Waals surface area contributed by atoms with Crippen molar-refractivity contribution in [2.45, 2.75) is 25.3 Å².